The summed E-state index contributed by atoms with van der Waals surface area (Å²) in [7, 11) is 0. The number of nitrogens with two attached hydrogens (primary N) is 1. The highest BCUT2D eigenvalue weighted by atomic mass is 79.9. The van der Waals surface area contributed by atoms with Gasteiger partial charge in [0.2, 0.25) is 0 Å². The minimum atomic E-state index is 0.548. The Balaban J connectivity index is 2.20. The maximum absolute atomic E-state index is 5.70. The molecular weight excluding hydrogens is 300 g/mol. The summed E-state index contributed by atoms with van der Waals surface area (Å²) in [5.74, 6) is 0. The van der Waals surface area contributed by atoms with Crippen LogP contribution in [0, 0.1) is 0 Å². The van der Waals surface area contributed by atoms with Crippen LogP contribution in [-0.4, -0.2) is 4.98 Å². The highest BCUT2D eigenvalue weighted by Gasteiger charge is 2.07. The molecule has 0 aliphatic rings. The topological polar surface area (TPSA) is 38.9 Å². The highest BCUT2D eigenvalue weighted by Crippen LogP contribution is 2.30. The van der Waals surface area contributed by atoms with Crippen molar-refractivity contribution in [2.24, 2.45) is 5.73 Å². The second kappa shape index (κ2) is 5.11. The average molecular weight is 313 g/mol. The lowest BCUT2D eigenvalue weighted by molar-refractivity contribution is 1.07. The van der Waals surface area contributed by atoms with E-state index < -0.39 is 0 Å². The van der Waals surface area contributed by atoms with Crippen molar-refractivity contribution < 1.29 is 0 Å². The second-order valence-electron chi connectivity index (χ2n) is 4.42. The van der Waals surface area contributed by atoms with Crippen LogP contribution in [-0.2, 0) is 6.54 Å². The van der Waals surface area contributed by atoms with E-state index in [9.17, 15) is 0 Å². The van der Waals surface area contributed by atoms with Crippen LogP contribution in [0.1, 0.15) is 5.56 Å². The molecule has 3 aromatic rings. The first-order valence-electron chi connectivity index (χ1n) is 6.12. The molecule has 0 aliphatic heterocycles. The molecule has 0 aliphatic carbocycles. The fraction of sp³-hybridized carbons (Fsp3) is 0.0625. The summed E-state index contributed by atoms with van der Waals surface area (Å²) >= 11 is 3.56. The molecule has 94 valence electrons. The Labute approximate surface area is 120 Å². The number of hydrogen-bond acceptors (Lipinski definition) is 2. The van der Waals surface area contributed by atoms with E-state index in [1.54, 1.807) is 0 Å². The summed E-state index contributed by atoms with van der Waals surface area (Å²) in [6, 6.07) is 18.5. The predicted molar refractivity (Wildman–Crippen MR) is 82.8 cm³/mol. The third-order valence-corrected chi connectivity index (χ3v) is 3.76. The normalized spacial score (nSPS) is 10.8. The molecule has 0 fully saturated rings. The number of para-hydroxylation sites is 1. The average Bonchev–Trinajstić information content (AvgIpc) is 2.46. The summed E-state index contributed by atoms with van der Waals surface area (Å²) < 4.78 is 0.861. The van der Waals surface area contributed by atoms with E-state index in [1.165, 1.54) is 0 Å². The maximum atomic E-state index is 5.70. The highest BCUT2D eigenvalue weighted by molar-refractivity contribution is 9.10. The summed E-state index contributed by atoms with van der Waals surface area (Å²) in [6.45, 7) is 0.548. The van der Waals surface area contributed by atoms with Crippen molar-refractivity contribution in [2.75, 3.05) is 0 Å². The van der Waals surface area contributed by atoms with Gasteiger partial charge in [0, 0.05) is 17.5 Å². The number of fused-ring (bicyclic) bond motifs is 1. The zero-order valence-corrected chi connectivity index (χ0v) is 11.9. The lowest BCUT2D eigenvalue weighted by Gasteiger charge is -2.08. The molecular formula is C16H13BrN2. The van der Waals surface area contributed by atoms with Crippen LogP contribution in [0.4, 0.5) is 0 Å². The molecule has 0 unspecified atom stereocenters. The molecule has 0 saturated carbocycles. The van der Waals surface area contributed by atoms with Gasteiger partial charge in [-0.25, -0.2) is 4.98 Å². The monoisotopic (exact) mass is 312 g/mol. The van der Waals surface area contributed by atoms with Crippen LogP contribution < -0.4 is 5.73 Å². The molecule has 19 heavy (non-hydrogen) atoms. The van der Waals surface area contributed by atoms with Gasteiger partial charge in [-0.2, -0.15) is 0 Å². The van der Waals surface area contributed by atoms with Gasteiger partial charge < -0.3 is 5.73 Å². The van der Waals surface area contributed by atoms with Gasteiger partial charge in [0.05, 0.1) is 5.52 Å². The van der Waals surface area contributed by atoms with Crippen molar-refractivity contribution in [1.82, 2.24) is 4.98 Å². The maximum Gasteiger partial charge on any atom is 0.114 e. The molecule has 3 heteroatoms. The van der Waals surface area contributed by atoms with Gasteiger partial charge in [-0.1, -0.05) is 36.4 Å². The van der Waals surface area contributed by atoms with Gasteiger partial charge in [0.25, 0.3) is 0 Å². The number of nitrogens with zero attached hydrogens (tertiary/aromatic N) is 1. The SMILES string of the molecule is NCc1cccc(-c2cc3ccccc3nc2Br)c1. The lowest BCUT2D eigenvalue weighted by atomic mass is 10.0. The van der Waals surface area contributed by atoms with E-state index >= 15 is 0 Å². The number of aromatic nitrogens is 1. The number of benzene rings is 2. The zero-order chi connectivity index (χ0) is 13.2. The summed E-state index contributed by atoms with van der Waals surface area (Å²) in [5, 5.41) is 1.14. The van der Waals surface area contributed by atoms with E-state index in [0.29, 0.717) is 6.54 Å². The summed E-state index contributed by atoms with van der Waals surface area (Å²) in [5.41, 5.74) is 10.0. The third-order valence-electron chi connectivity index (χ3n) is 3.15. The van der Waals surface area contributed by atoms with E-state index in [0.717, 1.165) is 32.2 Å². The molecule has 0 bridgehead atoms. The van der Waals surface area contributed by atoms with Gasteiger partial charge in [-0.3, -0.25) is 0 Å². The van der Waals surface area contributed by atoms with Crippen LogP contribution in [0.25, 0.3) is 22.0 Å². The van der Waals surface area contributed by atoms with Gasteiger partial charge in [-0.05, 0) is 45.3 Å². The smallest absolute Gasteiger partial charge is 0.114 e. The van der Waals surface area contributed by atoms with Crippen molar-refractivity contribution in [3.63, 3.8) is 0 Å². The second-order valence-corrected chi connectivity index (χ2v) is 5.18. The molecule has 2 N–H and O–H groups in total. The molecule has 0 radical (unpaired) electrons. The quantitative estimate of drug-likeness (QED) is 0.723. The molecule has 3 rings (SSSR count). The summed E-state index contributed by atoms with van der Waals surface area (Å²) in [6.07, 6.45) is 0. The predicted octanol–water partition coefficient (Wildman–Crippen LogP) is 4.12. The van der Waals surface area contributed by atoms with Gasteiger partial charge in [-0.15, -0.1) is 0 Å². The van der Waals surface area contributed by atoms with Crippen molar-refractivity contribution in [1.29, 1.82) is 0 Å². The minimum Gasteiger partial charge on any atom is -0.326 e. The lowest BCUT2D eigenvalue weighted by Crippen LogP contribution is -1.96. The Hall–Kier alpha value is -1.71. The Kier molecular flexibility index (Phi) is 3.32. The van der Waals surface area contributed by atoms with Gasteiger partial charge in [0.15, 0.2) is 0 Å². The van der Waals surface area contributed by atoms with Crippen LogP contribution >= 0.6 is 15.9 Å². The van der Waals surface area contributed by atoms with Crippen LogP contribution in [0.2, 0.25) is 0 Å². The van der Waals surface area contributed by atoms with Crippen molar-refractivity contribution >= 4 is 26.8 Å². The molecule has 0 spiro atoms. The molecule has 0 amide bonds. The zero-order valence-electron chi connectivity index (χ0n) is 10.3. The molecule has 0 saturated heterocycles. The number of pyridine rings is 1. The van der Waals surface area contributed by atoms with Crippen molar-refractivity contribution in [3.05, 3.63) is 64.8 Å². The molecule has 2 aromatic carbocycles. The van der Waals surface area contributed by atoms with E-state index in [1.807, 2.05) is 30.3 Å². The Morgan fingerprint density at radius 1 is 1.00 bits per heavy atom. The van der Waals surface area contributed by atoms with Crippen molar-refractivity contribution in [3.8, 4) is 11.1 Å². The molecule has 0 atom stereocenters. The minimum absolute atomic E-state index is 0.548. The van der Waals surface area contributed by atoms with Crippen molar-refractivity contribution in [2.45, 2.75) is 6.54 Å². The van der Waals surface area contributed by atoms with Gasteiger partial charge >= 0.3 is 0 Å². The molecule has 1 aromatic heterocycles. The Morgan fingerprint density at radius 2 is 1.84 bits per heavy atom. The van der Waals surface area contributed by atoms with E-state index in [4.69, 9.17) is 5.73 Å². The van der Waals surface area contributed by atoms with Gasteiger partial charge in [0.1, 0.15) is 4.60 Å². The first-order valence-corrected chi connectivity index (χ1v) is 6.92. The molecule has 2 nitrogen and oxygen atoms in total. The van der Waals surface area contributed by atoms with E-state index in [2.05, 4.69) is 45.2 Å². The van der Waals surface area contributed by atoms with E-state index in [-0.39, 0.29) is 0 Å². The largest absolute Gasteiger partial charge is 0.326 e. The number of rotatable bonds is 2. The van der Waals surface area contributed by atoms with Crippen LogP contribution in [0.5, 0.6) is 0 Å². The number of hydrogen-bond donors (Lipinski definition) is 1. The standard InChI is InChI=1S/C16H13BrN2/c17-16-14(12-6-3-4-11(8-12)10-18)9-13-5-1-2-7-15(13)19-16/h1-9H,10,18H2. The summed E-state index contributed by atoms with van der Waals surface area (Å²) in [4.78, 5) is 4.59. The number of halogens is 1. The Morgan fingerprint density at radius 3 is 2.68 bits per heavy atom. The third kappa shape index (κ3) is 2.39. The first-order chi connectivity index (χ1) is 9.28. The first kappa shape index (κ1) is 12.3. The fourth-order valence-electron chi connectivity index (χ4n) is 2.16. The Bertz CT molecular complexity index is 738. The van der Waals surface area contributed by atoms with Crippen LogP contribution in [0.3, 0.4) is 0 Å². The fourth-order valence-corrected chi connectivity index (χ4v) is 2.70. The molecule has 1 heterocycles. The van der Waals surface area contributed by atoms with Crippen LogP contribution in [0.15, 0.2) is 59.2 Å².